The van der Waals surface area contributed by atoms with Crippen LogP contribution in [0.15, 0.2) is 36.7 Å². The summed E-state index contributed by atoms with van der Waals surface area (Å²) in [5, 5.41) is 21.3. The lowest BCUT2D eigenvalue weighted by Gasteiger charge is -2.31. The van der Waals surface area contributed by atoms with E-state index in [2.05, 4.69) is 15.3 Å². The maximum Gasteiger partial charge on any atom is 0.405 e. The molecule has 1 amide bonds. The van der Waals surface area contributed by atoms with Crippen molar-refractivity contribution >= 4 is 17.0 Å². The molecule has 1 unspecified atom stereocenters. The van der Waals surface area contributed by atoms with Gasteiger partial charge in [-0.15, -0.1) is 0 Å². The highest BCUT2D eigenvalue weighted by atomic mass is 19.1. The lowest BCUT2D eigenvalue weighted by Crippen LogP contribution is -2.50. The predicted molar refractivity (Wildman–Crippen MR) is 114 cm³/mol. The molecule has 0 aliphatic carbocycles. The summed E-state index contributed by atoms with van der Waals surface area (Å²) in [5.41, 5.74) is 0.183. The van der Waals surface area contributed by atoms with Gasteiger partial charge in [-0.25, -0.2) is 18.6 Å². The minimum Gasteiger partial charge on any atom is -0.474 e. The third-order valence-electron chi connectivity index (χ3n) is 4.84. The Labute approximate surface area is 183 Å². The summed E-state index contributed by atoms with van der Waals surface area (Å²) in [6, 6.07) is 6.95. The maximum absolute atomic E-state index is 14.5. The first-order valence-corrected chi connectivity index (χ1v) is 9.90. The molecule has 2 heterocycles. The molecule has 1 atom stereocenters. The van der Waals surface area contributed by atoms with Gasteiger partial charge in [0, 0.05) is 35.5 Å². The fraction of sp³-hybridized carbons (Fsp3) is 0.304. The monoisotopic (exact) mass is 440 g/mol. The van der Waals surface area contributed by atoms with Crippen LogP contribution in [0.5, 0.6) is 5.88 Å². The number of benzene rings is 1. The highest BCUT2D eigenvalue weighted by molar-refractivity contribution is 5.94. The molecule has 32 heavy (non-hydrogen) atoms. The van der Waals surface area contributed by atoms with Crippen molar-refractivity contribution in [3.8, 4) is 23.1 Å². The highest BCUT2D eigenvalue weighted by Crippen LogP contribution is 2.32. The molecule has 3 aromatic rings. The first-order chi connectivity index (χ1) is 15.1. The van der Waals surface area contributed by atoms with Gasteiger partial charge >= 0.3 is 6.09 Å². The van der Waals surface area contributed by atoms with E-state index in [-0.39, 0.29) is 34.9 Å². The number of nitriles is 1. The molecule has 0 aliphatic rings. The first kappa shape index (κ1) is 22.9. The first-order valence-electron chi connectivity index (χ1n) is 9.90. The van der Waals surface area contributed by atoms with E-state index in [0.29, 0.717) is 17.5 Å². The molecule has 0 fully saturated rings. The average molecular weight is 440 g/mol. The van der Waals surface area contributed by atoms with Crippen molar-refractivity contribution in [2.24, 2.45) is 5.92 Å². The van der Waals surface area contributed by atoms with Crippen LogP contribution < -0.4 is 10.1 Å². The fourth-order valence-corrected chi connectivity index (χ4v) is 3.77. The molecule has 7 nitrogen and oxygen atoms in total. The summed E-state index contributed by atoms with van der Waals surface area (Å²) in [5.74, 6) is -1.28. The second-order valence-corrected chi connectivity index (χ2v) is 8.21. The number of hydrogen-bond donors (Lipinski definition) is 2. The van der Waals surface area contributed by atoms with Crippen LogP contribution in [0, 0.1) is 28.9 Å². The number of aromatic nitrogens is 2. The second-order valence-electron chi connectivity index (χ2n) is 8.21. The van der Waals surface area contributed by atoms with Crippen molar-refractivity contribution in [3.63, 3.8) is 0 Å². The van der Waals surface area contributed by atoms with E-state index in [4.69, 9.17) is 9.84 Å². The van der Waals surface area contributed by atoms with Gasteiger partial charge in [0.25, 0.3) is 0 Å². The molecule has 2 N–H and O–H groups in total. The zero-order valence-corrected chi connectivity index (χ0v) is 17.8. The number of carboxylic acid groups (broad SMARTS) is 1. The smallest absolute Gasteiger partial charge is 0.405 e. The third kappa shape index (κ3) is 5.09. The van der Waals surface area contributed by atoms with Crippen LogP contribution in [0.25, 0.3) is 22.0 Å². The Bertz CT molecular complexity index is 1210. The van der Waals surface area contributed by atoms with Gasteiger partial charge in [-0.3, -0.25) is 4.98 Å². The Hall–Kier alpha value is -3.80. The molecule has 0 saturated heterocycles. The zero-order valence-electron chi connectivity index (χ0n) is 17.8. The highest BCUT2D eigenvalue weighted by Gasteiger charge is 2.29. The summed E-state index contributed by atoms with van der Waals surface area (Å²) in [7, 11) is 0. The molecular weight excluding hydrogens is 418 g/mol. The minimum absolute atomic E-state index is 0.0308. The minimum atomic E-state index is -1.18. The molecule has 0 bridgehead atoms. The third-order valence-corrected chi connectivity index (χ3v) is 4.84. The van der Waals surface area contributed by atoms with Gasteiger partial charge in [0.15, 0.2) is 0 Å². The standard InChI is InChI=1S/C23H22F2N4O3/c1-13(2)9-23(3,29-22(30)31)12-32-21-14(10-26)6-15(11-28-21)17-4-5-27-19-8-16(24)7-18(25)20(17)19/h4-8,11,13,29H,9,12H2,1-3H3,(H,30,31). The Morgan fingerprint density at radius 1 is 1.31 bits per heavy atom. The number of carbonyl (C=O) groups is 1. The number of pyridine rings is 2. The lowest BCUT2D eigenvalue weighted by molar-refractivity contribution is 0.141. The van der Waals surface area contributed by atoms with Crippen molar-refractivity contribution < 1.29 is 23.4 Å². The van der Waals surface area contributed by atoms with Crippen LogP contribution in [0.4, 0.5) is 13.6 Å². The Morgan fingerprint density at radius 3 is 2.72 bits per heavy atom. The molecule has 0 aliphatic heterocycles. The quantitative estimate of drug-likeness (QED) is 0.541. The van der Waals surface area contributed by atoms with Crippen LogP contribution in [0.3, 0.4) is 0 Å². The van der Waals surface area contributed by atoms with Gasteiger partial charge in [-0.2, -0.15) is 5.26 Å². The molecule has 9 heteroatoms. The van der Waals surface area contributed by atoms with E-state index in [0.717, 1.165) is 12.1 Å². The summed E-state index contributed by atoms with van der Waals surface area (Å²) < 4.78 is 33.7. The van der Waals surface area contributed by atoms with Crippen molar-refractivity contribution in [2.75, 3.05) is 6.61 Å². The number of hydrogen-bond acceptors (Lipinski definition) is 5. The largest absolute Gasteiger partial charge is 0.474 e. The van der Waals surface area contributed by atoms with E-state index >= 15 is 0 Å². The molecule has 1 aromatic carbocycles. The van der Waals surface area contributed by atoms with Crippen molar-refractivity contribution in [1.29, 1.82) is 5.26 Å². The summed E-state index contributed by atoms with van der Waals surface area (Å²) in [6.07, 6.45) is 2.17. The second kappa shape index (κ2) is 9.14. The predicted octanol–water partition coefficient (Wildman–Crippen LogP) is 4.90. The van der Waals surface area contributed by atoms with E-state index in [9.17, 15) is 18.8 Å². The molecular formula is C23H22F2N4O3. The normalized spacial score (nSPS) is 12.9. The number of ether oxygens (including phenoxy) is 1. The Balaban J connectivity index is 1.95. The average Bonchev–Trinajstić information content (AvgIpc) is 2.70. The number of fused-ring (bicyclic) bond motifs is 1. The molecule has 166 valence electrons. The summed E-state index contributed by atoms with van der Waals surface area (Å²) >= 11 is 0. The van der Waals surface area contributed by atoms with Crippen LogP contribution in [-0.4, -0.2) is 33.3 Å². The molecule has 3 rings (SSSR count). The summed E-state index contributed by atoms with van der Waals surface area (Å²) in [4.78, 5) is 19.4. The van der Waals surface area contributed by atoms with E-state index in [1.165, 1.54) is 18.5 Å². The van der Waals surface area contributed by atoms with Crippen LogP contribution in [0.2, 0.25) is 0 Å². The van der Waals surface area contributed by atoms with Crippen LogP contribution >= 0.6 is 0 Å². The Morgan fingerprint density at radius 2 is 2.06 bits per heavy atom. The van der Waals surface area contributed by atoms with Crippen molar-refractivity contribution in [1.82, 2.24) is 15.3 Å². The topological polar surface area (TPSA) is 108 Å². The molecule has 0 spiro atoms. The maximum atomic E-state index is 14.5. The number of halogens is 2. The van der Waals surface area contributed by atoms with E-state index in [1.807, 2.05) is 19.9 Å². The zero-order chi connectivity index (χ0) is 23.5. The van der Waals surface area contributed by atoms with Gasteiger partial charge in [0.2, 0.25) is 5.88 Å². The van der Waals surface area contributed by atoms with Gasteiger partial charge in [0.1, 0.15) is 29.9 Å². The van der Waals surface area contributed by atoms with E-state index < -0.39 is 23.3 Å². The number of rotatable bonds is 7. The lowest BCUT2D eigenvalue weighted by atomic mass is 9.91. The van der Waals surface area contributed by atoms with Gasteiger partial charge in [-0.05, 0) is 37.0 Å². The van der Waals surface area contributed by atoms with Gasteiger partial charge in [-0.1, -0.05) is 13.8 Å². The Kier molecular flexibility index (Phi) is 6.53. The van der Waals surface area contributed by atoms with Crippen LogP contribution in [-0.2, 0) is 0 Å². The van der Waals surface area contributed by atoms with Gasteiger partial charge in [0.05, 0.1) is 11.1 Å². The number of amides is 1. The van der Waals surface area contributed by atoms with Gasteiger partial charge < -0.3 is 15.2 Å². The number of nitrogens with one attached hydrogen (secondary N) is 1. The molecule has 0 radical (unpaired) electrons. The fourth-order valence-electron chi connectivity index (χ4n) is 3.77. The van der Waals surface area contributed by atoms with Crippen molar-refractivity contribution in [3.05, 3.63) is 53.9 Å². The van der Waals surface area contributed by atoms with Crippen LogP contribution in [0.1, 0.15) is 32.8 Å². The summed E-state index contributed by atoms with van der Waals surface area (Å²) in [6.45, 7) is 5.59. The molecule has 0 saturated carbocycles. The molecule has 2 aromatic heterocycles. The SMILES string of the molecule is CC(C)CC(C)(COc1ncc(-c2ccnc3cc(F)cc(F)c23)cc1C#N)NC(=O)O. The number of nitrogens with zero attached hydrogens (tertiary/aromatic N) is 3. The van der Waals surface area contributed by atoms with E-state index in [1.54, 1.807) is 13.0 Å². The van der Waals surface area contributed by atoms with Crippen molar-refractivity contribution in [2.45, 2.75) is 32.7 Å².